The number of rotatable bonds is 9. The van der Waals surface area contributed by atoms with Crippen LogP contribution in [0, 0.1) is 5.82 Å². The molecule has 0 bridgehead atoms. The first-order valence-electron chi connectivity index (χ1n) is 11.1. The number of carbonyl (C=O) groups is 1. The Bertz CT molecular complexity index is 1280. The topological polar surface area (TPSA) is 42.4 Å². The molecular formula is C29H24ClFN2O2. The van der Waals surface area contributed by atoms with Gasteiger partial charge >= 0.3 is 0 Å². The van der Waals surface area contributed by atoms with Gasteiger partial charge in [-0.25, -0.2) is 4.39 Å². The lowest BCUT2D eigenvalue weighted by molar-refractivity contribution is 0.0730. The molecule has 0 aliphatic carbocycles. The molecule has 0 unspecified atom stereocenters. The van der Waals surface area contributed by atoms with Crippen LogP contribution in [0.2, 0.25) is 0 Å². The molecule has 6 heteroatoms. The van der Waals surface area contributed by atoms with Gasteiger partial charge in [0, 0.05) is 36.1 Å². The van der Waals surface area contributed by atoms with E-state index < -0.39 is 0 Å². The molecular weight excluding hydrogens is 463 g/mol. The zero-order chi connectivity index (χ0) is 24.6. The number of carbonyl (C=O) groups excluding carboxylic acids is 1. The Morgan fingerprint density at radius 3 is 2.11 bits per heavy atom. The third kappa shape index (κ3) is 6.78. The molecule has 0 atom stereocenters. The summed E-state index contributed by atoms with van der Waals surface area (Å²) < 4.78 is 18.8. The Morgan fingerprint density at radius 2 is 1.51 bits per heavy atom. The fraction of sp³-hybridized carbons (Fsp3) is 0.103. The van der Waals surface area contributed by atoms with Gasteiger partial charge < -0.3 is 9.64 Å². The minimum atomic E-state index is -0.282. The molecule has 0 N–H and O–H groups in total. The van der Waals surface area contributed by atoms with E-state index in [0.29, 0.717) is 29.4 Å². The molecule has 35 heavy (non-hydrogen) atoms. The molecule has 0 aliphatic heterocycles. The Labute approximate surface area is 209 Å². The monoisotopic (exact) mass is 486 g/mol. The number of amides is 1. The van der Waals surface area contributed by atoms with E-state index in [1.807, 2.05) is 48.5 Å². The molecule has 0 saturated heterocycles. The highest BCUT2D eigenvalue weighted by Gasteiger charge is 2.17. The lowest BCUT2D eigenvalue weighted by Gasteiger charge is -2.23. The third-order valence-corrected chi connectivity index (χ3v) is 5.49. The van der Waals surface area contributed by atoms with Gasteiger partial charge in [-0.3, -0.25) is 9.78 Å². The van der Waals surface area contributed by atoms with E-state index in [1.54, 1.807) is 41.6 Å². The summed E-state index contributed by atoms with van der Waals surface area (Å²) in [5, 5.41) is 0.424. The van der Waals surface area contributed by atoms with Crippen molar-refractivity contribution >= 4 is 17.5 Å². The SMILES string of the molecule is C=C(Cl)COc1ccc(CN(Cc2cccnc2)C(=O)c2ccc(-c3ccc(F)cc3)cc2)cc1. The van der Waals surface area contributed by atoms with Crippen molar-refractivity contribution in [2.24, 2.45) is 0 Å². The van der Waals surface area contributed by atoms with Crippen molar-refractivity contribution in [2.75, 3.05) is 6.61 Å². The first-order chi connectivity index (χ1) is 17.0. The van der Waals surface area contributed by atoms with Crippen molar-refractivity contribution < 1.29 is 13.9 Å². The summed E-state index contributed by atoms with van der Waals surface area (Å²) in [5.41, 5.74) is 4.26. The molecule has 0 fully saturated rings. The number of ether oxygens (including phenoxy) is 1. The standard InChI is InChI=1S/C29H24ClFN2O2/c1-21(30)20-35-28-14-4-22(5-15-28)18-33(19-23-3-2-16-32-17-23)29(34)26-8-6-24(7-9-26)25-10-12-27(31)13-11-25/h2-17H,1,18-20H2. The van der Waals surface area contributed by atoms with Crippen molar-refractivity contribution in [3.63, 3.8) is 0 Å². The molecule has 0 spiro atoms. The summed E-state index contributed by atoms with van der Waals surface area (Å²) in [4.78, 5) is 19.5. The quantitative estimate of drug-likeness (QED) is 0.259. The molecule has 1 aromatic heterocycles. The summed E-state index contributed by atoms with van der Waals surface area (Å²) in [6, 6.07) is 25.0. The highest BCUT2D eigenvalue weighted by Crippen LogP contribution is 2.22. The summed E-state index contributed by atoms with van der Waals surface area (Å²) in [5.74, 6) is 0.297. The molecule has 1 amide bonds. The highest BCUT2D eigenvalue weighted by atomic mass is 35.5. The Hall–Kier alpha value is -3.96. The van der Waals surface area contributed by atoms with Crippen LogP contribution in [0.1, 0.15) is 21.5 Å². The van der Waals surface area contributed by atoms with Crippen LogP contribution in [0.3, 0.4) is 0 Å². The number of pyridine rings is 1. The minimum absolute atomic E-state index is 0.0988. The normalized spacial score (nSPS) is 10.6. The van der Waals surface area contributed by atoms with Gasteiger partial charge in [-0.15, -0.1) is 0 Å². The number of hydrogen-bond acceptors (Lipinski definition) is 3. The second kappa shape index (κ2) is 11.4. The average molecular weight is 487 g/mol. The van der Waals surface area contributed by atoms with Gasteiger partial charge in [-0.1, -0.05) is 60.6 Å². The van der Waals surface area contributed by atoms with Crippen LogP contribution in [0.5, 0.6) is 5.75 Å². The van der Waals surface area contributed by atoms with Crippen molar-refractivity contribution in [3.8, 4) is 16.9 Å². The maximum atomic E-state index is 13.5. The molecule has 0 aliphatic rings. The zero-order valence-corrected chi connectivity index (χ0v) is 19.8. The van der Waals surface area contributed by atoms with Crippen molar-refractivity contribution in [1.82, 2.24) is 9.88 Å². The fourth-order valence-corrected chi connectivity index (χ4v) is 3.67. The van der Waals surface area contributed by atoms with Gasteiger partial charge in [0.2, 0.25) is 0 Å². The number of nitrogens with zero attached hydrogens (tertiary/aromatic N) is 2. The van der Waals surface area contributed by atoms with Crippen molar-refractivity contribution in [1.29, 1.82) is 0 Å². The van der Waals surface area contributed by atoms with E-state index in [1.165, 1.54) is 12.1 Å². The van der Waals surface area contributed by atoms with Gasteiger partial charge in [-0.05, 0) is 64.7 Å². The summed E-state index contributed by atoms with van der Waals surface area (Å²) in [7, 11) is 0. The zero-order valence-electron chi connectivity index (χ0n) is 19.0. The second-order valence-electron chi connectivity index (χ2n) is 8.06. The van der Waals surface area contributed by atoms with Crippen LogP contribution in [-0.4, -0.2) is 22.4 Å². The molecule has 4 aromatic rings. The van der Waals surface area contributed by atoms with E-state index >= 15 is 0 Å². The Kier molecular flexibility index (Phi) is 7.91. The van der Waals surface area contributed by atoms with E-state index in [9.17, 15) is 9.18 Å². The minimum Gasteiger partial charge on any atom is -0.488 e. The number of aromatic nitrogens is 1. The Morgan fingerprint density at radius 1 is 0.886 bits per heavy atom. The highest BCUT2D eigenvalue weighted by molar-refractivity contribution is 6.29. The van der Waals surface area contributed by atoms with Gasteiger partial charge in [0.15, 0.2) is 0 Å². The second-order valence-corrected chi connectivity index (χ2v) is 8.59. The van der Waals surface area contributed by atoms with Crippen LogP contribution in [-0.2, 0) is 13.1 Å². The van der Waals surface area contributed by atoms with Crippen molar-refractivity contribution in [3.05, 3.63) is 131 Å². The van der Waals surface area contributed by atoms with E-state index in [2.05, 4.69) is 11.6 Å². The maximum absolute atomic E-state index is 13.5. The Balaban J connectivity index is 1.53. The first kappa shape index (κ1) is 24.2. The van der Waals surface area contributed by atoms with Gasteiger partial charge in [0.25, 0.3) is 5.91 Å². The number of benzene rings is 3. The lowest BCUT2D eigenvalue weighted by atomic mass is 10.0. The van der Waals surface area contributed by atoms with E-state index in [-0.39, 0.29) is 18.3 Å². The van der Waals surface area contributed by atoms with E-state index in [4.69, 9.17) is 16.3 Å². The molecule has 1 heterocycles. The van der Waals surface area contributed by atoms with Crippen LogP contribution >= 0.6 is 11.6 Å². The van der Waals surface area contributed by atoms with E-state index in [0.717, 1.165) is 22.3 Å². The van der Waals surface area contributed by atoms with Gasteiger partial charge in [-0.2, -0.15) is 0 Å². The maximum Gasteiger partial charge on any atom is 0.254 e. The first-order valence-corrected chi connectivity index (χ1v) is 11.4. The van der Waals surface area contributed by atoms with Crippen LogP contribution in [0.25, 0.3) is 11.1 Å². The molecule has 3 aromatic carbocycles. The molecule has 176 valence electrons. The number of halogens is 2. The largest absolute Gasteiger partial charge is 0.488 e. The average Bonchev–Trinajstić information content (AvgIpc) is 2.88. The van der Waals surface area contributed by atoms with Crippen molar-refractivity contribution in [2.45, 2.75) is 13.1 Å². The smallest absolute Gasteiger partial charge is 0.254 e. The molecule has 0 saturated carbocycles. The number of hydrogen-bond donors (Lipinski definition) is 0. The van der Waals surface area contributed by atoms with Crippen LogP contribution in [0.15, 0.2) is 109 Å². The fourth-order valence-electron chi connectivity index (χ4n) is 3.61. The summed E-state index contributed by atoms with van der Waals surface area (Å²) in [6.07, 6.45) is 3.46. The summed E-state index contributed by atoms with van der Waals surface area (Å²) >= 11 is 5.76. The van der Waals surface area contributed by atoms with Gasteiger partial charge in [0.05, 0.1) is 0 Å². The van der Waals surface area contributed by atoms with Crippen LogP contribution < -0.4 is 4.74 Å². The third-order valence-electron chi connectivity index (χ3n) is 5.39. The molecule has 4 rings (SSSR count). The predicted molar refractivity (Wildman–Crippen MR) is 137 cm³/mol. The van der Waals surface area contributed by atoms with Gasteiger partial charge in [0.1, 0.15) is 18.2 Å². The van der Waals surface area contributed by atoms with Crippen LogP contribution in [0.4, 0.5) is 4.39 Å². The predicted octanol–water partition coefficient (Wildman–Crippen LogP) is 6.86. The molecule has 4 nitrogen and oxygen atoms in total. The molecule has 0 radical (unpaired) electrons. The summed E-state index contributed by atoms with van der Waals surface area (Å²) in [6.45, 7) is 4.68. The lowest BCUT2D eigenvalue weighted by Crippen LogP contribution is -2.30.